The molecule has 2 aromatic carbocycles. The minimum Gasteiger partial charge on any atom is -0.492 e. The Kier molecular flexibility index (Phi) is 7.33. The molecule has 7 nitrogen and oxygen atoms in total. The van der Waals surface area contributed by atoms with Crippen molar-refractivity contribution in [2.24, 2.45) is 12.5 Å². The van der Waals surface area contributed by atoms with Crippen LogP contribution in [0.3, 0.4) is 0 Å². The van der Waals surface area contributed by atoms with Gasteiger partial charge in [-0.05, 0) is 36.2 Å². The van der Waals surface area contributed by atoms with Crippen LogP contribution in [0.25, 0.3) is 11.1 Å². The lowest BCUT2D eigenvalue weighted by atomic mass is 10.0. The second kappa shape index (κ2) is 10.2. The van der Waals surface area contributed by atoms with E-state index >= 15 is 0 Å². The lowest BCUT2D eigenvalue weighted by Gasteiger charge is -2.19. The Balaban J connectivity index is 1.77. The van der Waals surface area contributed by atoms with Gasteiger partial charge in [-0.3, -0.25) is 4.79 Å². The fourth-order valence-corrected chi connectivity index (χ4v) is 4.07. The maximum absolute atomic E-state index is 14.3. The lowest BCUT2D eigenvalue weighted by molar-refractivity contribution is 0.0499. The Hall–Kier alpha value is -3.38. The van der Waals surface area contributed by atoms with E-state index in [9.17, 15) is 30.8 Å². The average Bonchev–Trinajstić information content (AvgIpc) is 3.33. The predicted octanol–water partition coefficient (Wildman–Crippen LogP) is 4.21. The molecule has 0 saturated heterocycles. The number of thiol groups is 1. The molecule has 0 radical (unpaired) electrons. The Morgan fingerprint density at radius 3 is 2.38 bits per heavy atom. The zero-order valence-corrected chi connectivity index (χ0v) is 20.8. The summed E-state index contributed by atoms with van der Waals surface area (Å²) >= 11 is 0. The number of hydrogen-bond acceptors (Lipinski definition) is 5. The average molecular weight is 541 g/mol. The van der Waals surface area contributed by atoms with Crippen LogP contribution in [0.5, 0.6) is 17.2 Å². The van der Waals surface area contributed by atoms with E-state index in [0.717, 1.165) is 18.2 Å². The molecule has 1 fully saturated rings. The number of aromatic nitrogens is 1. The van der Waals surface area contributed by atoms with Gasteiger partial charge < -0.3 is 14.0 Å². The molecular formula is C25H24F4N2O5S. The van der Waals surface area contributed by atoms with Gasteiger partial charge in [0.15, 0.2) is 11.6 Å². The molecule has 1 aliphatic rings. The van der Waals surface area contributed by atoms with Crippen molar-refractivity contribution >= 4 is 10.9 Å². The normalized spacial score (nSPS) is 18.1. The first-order valence-corrected chi connectivity index (χ1v) is 12.4. The molecule has 37 heavy (non-hydrogen) atoms. The highest BCUT2D eigenvalue weighted by molar-refractivity contribution is 7.70. The van der Waals surface area contributed by atoms with Crippen LogP contribution in [-0.2, 0) is 24.4 Å². The number of hydrogen-bond donors (Lipinski definition) is 2. The topological polar surface area (TPSA) is 86.6 Å². The first-order valence-electron chi connectivity index (χ1n) is 11.2. The quantitative estimate of drug-likeness (QED) is 0.297. The highest BCUT2D eigenvalue weighted by Gasteiger charge is 2.68. The molecule has 1 aromatic heterocycles. The van der Waals surface area contributed by atoms with Gasteiger partial charge in [-0.15, -0.1) is 0 Å². The summed E-state index contributed by atoms with van der Waals surface area (Å²) in [5, 5.41) is 0. The standard InChI is InChI=1S/C25H24F4N2O5S/c1-24(13-25(24,28)29)14-35-22-11-23(32)31(2)12-18(22)17-9-15(7-8-30-37(33)34)3-5-20(17)36-21-6-4-16(26)10-19(21)27/h3-6,9-12,37H,7-8,13-14H2,1-2H3,(H,30,33,34). The van der Waals surface area contributed by atoms with E-state index in [1.54, 1.807) is 12.1 Å². The van der Waals surface area contributed by atoms with Crippen molar-refractivity contribution in [2.75, 3.05) is 13.2 Å². The van der Waals surface area contributed by atoms with Gasteiger partial charge in [0, 0.05) is 49.5 Å². The third kappa shape index (κ3) is 5.96. The van der Waals surface area contributed by atoms with Crippen LogP contribution in [0.2, 0.25) is 0 Å². The zero-order valence-electron chi connectivity index (χ0n) is 19.9. The van der Waals surface area contributed by atoms with Crippen LogP contribution >= 0.6 is 0 Å². The van der Waals surface area contributed by atoms with Crippen LogP contribution < -0.4 is 19.8 Å². The van der Waals surface area contributed by atoms with Crippen LogP contribution in [0.15, 0.2) is 53.5 Å². The molecule has 198 valence electrons. The van der Waals surface area contributed by atoms with Crippen LogP contribution in [0.4, 0.5) is 17.6 Å². The van der Waals surface area contributed by atoms with Crippen molar-refractivity contribution in [1.29, 1.82) is 0 Å². The van der Waals surface area contributed by atoms with Crippen molar-refractivity contribution in [3.05, 3.63) is 76.2 Å². The van der Waals surface area contributed by atoms with Gasteiger partial charge in [0.1, 0.15) is 17.3 Å². The summed E-state index contributed by atoms with van der Waals surface area (Å²) in [5.74, 6) is -4.74. The van der Waals surface area contributed by atoms with Crippen molar-refractivity contribution in [2.45, 2.75) is 25.7 Å². The van der Waals surface area contributed by atoms with Gasteiger partial charge >= 0.3 is 0 Å². The van der Waals surface area contributed by atoms with Crippen LogP contribution in [0, 0.1) is 17.0 Å². The molecule has 1 aliphatic carbocycles. The predicted molar refractivity (Wildman–Crippen MR) is 129 cm³/mol. The van der Waals surface area contributed by atoms with Crippen molar-refractivity contribution in [1.82, 2.24) is 9.29 Å². The summed E-state index contributed by atoms with van der Waals surface area (Å²) in [6.45, 7) is 1.14. The molecule has 12 heteroatoms. The monoisotopic (exact) mass is 540 g/mol. The number of rotatable bonds is 10. The number of alkyl halides is 2. The molecule has 0 amide bonds. The molecule has 1 N–H and O–H groups in total. The largest absolute Gasteiger partial charge is 0.492 e. The highest BCUT2D eigenvalue weighted by atomic mass is 32.2. The Morgan fingerprint density at radius 2 is 1.73 bits per heavy atom. The van der Waals surface area contributed by atoms with E-state index in [4.69, 9.17) is 9.47 Å². The number of nitrogens with zero attached hydrogens (tertiary/aromatic N) is 1. The van der Waals surface area contributed by atoms with E-state index < -0.39 is 39.4 Å². The van der Waals surface area contributed by atoms with Gasteiger partial charge in [-0.25, -0.2) is 30.7 Å². The number of benzene rings is 2. The number of halogens is 4. The van der Waals surface area contributed by atoms with Gasteiger partial charge in [0.25, 0.3) is 11.5 Å². The molecule has 1 unspecified atom stereocenters. The van der Waals surface area contributed by atoms with E-state index in [2.05, 4.69) is 4.72 Å². The third-order valence-corrected chi connectivity index (χ3v) is 6.69. The molecule has 1 saturated carbocycles. The van der Waals surface area contributed by atoms with Gasteiger partial charge in [-0.2, -0.15) is 0 Å². The summed E-state index contributed by atoms with van der Waals surface area (Å²) in [7, 11) is -1.30. The Bertz CT molecular complexity index is 1470. The number of aryl methyl sites for hydroxylation is 1. The summed E-state index contributed by atoms with van der Waals surface area (Å²) in [6, 6.07) is 8.75. The molecule has 0 spiro atoms. The molecular weight excluding hydrogens is 516 g/mol. The molecule has 0 bridgehead atoms. The van der Waals surface area contributed by atoms with E-state index in [1.165, 1.54) is 30.8 Å². The van der Waals surface area contributed by atoms with Crippen LogP contribution in [0.1, 0.15) is 18.9 Å². The number of ether oxygens (including phenoxy) is 2. The van der Waals surface area contributed by atoms with Crippen molar-refractivity contribution < 1.29 is 35.5 Å². The maximum Gasteiger partial charge on any atom is 0.257 e. The molecule has 1 heterocycles. The minimum atomic E-state index is -2.88. The molecule has 4 rings (SSSR count). The number of nitrogens with one attached hydrogen (secondary N) is 1. The fourth-order valence-electron chi connectivity index (χ4n) is 3.77. The van der Waals surface area contributed by atoms with Crippen molar-refractivity contribution in [3.8, 4) is 28.4 Å². The Morgan fingerprint density at radius 1 is 1.03 bits per heavy atom. The lowest BCUT2D eigenvalue weighted by Crippen LogP contribution is -2.20. The first kappa shape index (κ1) is 26.7. The van der Waals surface area contributed by atoms with Gasteiger partial charge in [0.2, 0.25) is 10.9 Å². The van der Waals surface area contributed by atoms with E-state index in [0.29, 0.717) is 22.8 Å². The van der Waals surface area contributed by atoms with Crippen LogP contribution in [-0.4, -0.2) is 32.1 Å². The second-order valence-corrected chi connectivity index (χ2v) is 9.98. The molecule has 3 aromatic rings. The fraction of sp³-hybridized carbons (Fsp3) is 0.320. The minimum absolute atomic E-state index is 0.0226. The summed E-state index contributed by atoms with van der Waals surface area (Å²) in [4.78, 5) is 12.4. The third-order valence-electron chi connectivity index (χ3n) is 6.21. The SMILES string of the molecule is Cn1cc(-c2cc(CCN[SH](=O)=O)ccc2Oc2ccc(F)cc2F)c(OCC2(C)CC2(F)F)cc1=O. The van der Waals surface area contributed by atoms with E-state index in [-0.39, 0.29) is 43.2 Å². The second-order valence-electron chi connectivity index (χ2n) is 9.15. The number of pyridine rings is 1. The van der Waals surface area contributed by atoms with Gasteiger partial charge in [0.05, 0.1) is 12.0 Å². The highest BCUT2D eigenvalue weighted by Crippen LogP contribution is 2.60. The maximum atomic E-state index is 14.3. The van der Waals surface area contributed by atoms with E-state index in [1.807, 2.05) is 0 Å². The van der Waals surface area contributed by atoms with Gasteiger partial charge in [-0.1, -0.05) is 13.0 Å². The molecule has 1 atom stereocenters. The Labute approximate surface area is 211 Å². The van der Waals surface area contributed by atoms with Crippen molar-refractivity contribution in [3.63, 3.8) is 0 Å². The summed E-state index contributed by atoms with van der Waals surface area (Å²) in [6.07, 6.45) is 1.38. The zero-order chi connectivity index (χ0) is 27.0. The summed E-state index contributed by atoms with van der Waals surface area (Å²) < 4.78 is 92.0. The first-order chi connectivity index (χ1) is 17.4. The smallest absolute Gasteiger partial charge is 0.257 e. The summed E-state index contributed by atoms with van der Waals surface area (Å²) in [5.41, 5.74) is -0.530. The molecule has 0 aliphatic heterocycles.